The van der Waals surface area contributed by atoms with Gasteiger partial charge in [-0.15, -0.1) is 0 Å². The van der Waals surface area contributed by atoms with E-state index in [1.165, 1.54) is 0 Å². The summed E-state index contributed by atoms with van der Waals surface area (Å²) in [6.45, 7) is 4.87. The SMILES string of the molecule is Cc1cc(OCc2cc(CN)oc2C)ccc1Br. The van der Waals surface area contributed by atoms with Gasteiger partial charge in [-0.25, -0.2) is 0 Å². The van der Waals surface area contributed by atoms with Crippen LogP contribution in [0.15, 0.2) is 33.2 Å². The Morgan fingerprint density at radius 3 is 2.67 bits per heavy atom. The zero-order chi connectivity index (χ0) is 13.1. The van der Waals surface area contributed by atoms with Crippen LogP contribution in [0.25, 0.3) is 0 Å². The van der Waals surface area contributed by atoms with Gasteiger partial charge in [0.25, 0.3) is 0 Å². The lowest BCUT2D eigenvalue weighted by Gasteiger charge is -2.07. The van der Waals surface area contributed by atoms with Gasteiger partial charge in [-0.05, 0) is 43.7 Å². The van der Waals surface area contributed by atoms with Crippen molar-refractivity contribution in [3.63, 3.8) is 0 Å². The number of ether oxygens (including phenoxy) is 1. The Hall–Kier alpha value is -1.26. The van der Waals surface area contributed by atoms with Crippen LogP contribution in [0.2, 0.25) is 0 Å². The molecule has 18 heavy (non-hydrogen) atoms. The molecule has 0 unspecified atom stereocenters. The monoisotopic (exact) mass is 309 g/mol. The van der Waals surface area contributed by atoms with Gasteiger partial charge in [0.1, 0.15) is 23.9 Å². The fourth-order valence-corrected chi connectivity index (χ4v) is 1.95. The zero-order valence-corrected chi connectivity index (χ0v) is 12.1. The van der Waals surface area contributed by atoms with Crippen LogP contribution in [-0.2, 0) is 13.2 Å². The van der Waals surface area contributed by atoms with Crippen LogP contribution in [0.1, 0.15) is 22.6 Å². The highest BCUT2D eigenvalue weighted by Gasteiger charge is 2.07. The average Bonchev–Trinajstić information content (AvgIpc) is 2.72. The van der Waals surface area contributed by atoms with Crippen molar-refractivity contribution in [2.45, 2.75) is 27.0 Å². The summed E-state index contributed by atoms with van der Waals surface area (Å²) in [4.78, 5) is 0. The maximum Gasteiger partial charge on any atom is 0.120 e. The summed E-state index contributed by atoms with van der Waals surface area (Å²) in [5.41, 5.74) is 7.73. The summed E-state index contributed by atoms with van der Waals surface area (Å²) < 4.78 is 12.3. The van der Waals surface area contributed by atoms with Gasteiger partial charge >= 0.3 is 0 Å². The summed E-state index contributed by atoms with van der Waals surface area (Å²) in [6, 6.07) is 7.87. The van der Waals surface area contributed by atoms with Crippen LogP contribution in [0.4, 0.5) is 0 Å². The van der Waals surface area contributed by atoms with E-state index in [9.17, 15) is 0 Å². The van der Waals surface area contributed by atoms with E-state index in [0.717, 1.165) is 32.9 Å². The Morgan fingerprint density at radius 1 is 1.28 bits per heavy atom. The number of furan rings is 1. The minimum absolute atomic E-state index is 0.415. The second kappa shape index (κ2) is 5.59. The van der Waals surface area contributed by atoms with E-state index >= 15 is 0 Å². The van der Waals surface area contributed by atoms with Crippen LogP contribution < -0.4 is 10.5 Å². The lowest BCUT2D eigenvalue weighted by Crippen LogP contribution is -1.96. The summed E-state index contributed by atoms with van der Waals surface area (Å²) in [6.07, 6.45) is 0. The topological polar surface area (TPSA) is 48.4 Å². The van der Waals surface area contributed by atoms with E-state index in [1.807, 2.05) is 38.1 Å². The first kappa shape index (κ1) is 13.2. The second-order valence-electron chi connectivity index (χ2n) is 4.20. The van der Waals surface area contributed by atoms with E-state index in [0.29, 0.717) is 13.2 Å². The highest BCUT2D eigenvalue weighted by molar-refractivity contribution is 9.10. The molecule has 0 fully saturated rings. The average molecular weight is 310 g/mol. The molecule has 0 aliphatic carbocycles. The maximum atomic E-state index is 5.74. The van der Waals surface area contributed by atoms with E-state index in [4.69, 9.17) is 14.9 Å². The fourth-order valence-electron chi connectivity index (χ4n) is 1.70. The molecule has 0 bridgehead atoms. The van der Waals surface area contributed by atoms with Gasteiger partial charge in [0, 0.05) is 10.0 Å². The number of aryl methyl sites for hydroxylation is 2. The molecule has 0 aliphatic rings. The third kappa shape index (κ3) is 2.94. The van der Waals surface area contributed by atoms with Gasteiger partial charge < -0.3 is 14.9 Å². The quantitative estimate of drug-likeness (QED) is 0.937. The van der Waals surface area contributed by atoms with Crippen molar-refractivity contribution in [3.05, 3.63) is 51.4 Å². The largest absolute Gasteiger partial charge is 0.489 e. The summed E-state index contributed by atoms with van der Waals surface area (Å²) in [5, 5.41) is 0. The molecule has 4 heteroatoms. The summed E-state index contributed by atoms with van der Waals surface area (Å²) >= 11 is 3.47. The zero-order valence-electron chi connectivity index (χ0n) is 10.5. The molecule has 0 saturated carbocycles. The third-order valence-corrected chi connectivity index (χ3v) is 3.69. The van der Waals surface area contributed by atoms with E-state index in [2.05, 4.69) is 15.9 Å². The molecular weight excluding hydrogens is 294 g/mol. The van der Waals surface area contributed by atoms with Crippen molar-refractivity contribution in [1.82, 2.24) is 0 Å². The number of halogens is 1. The predicted molar refractivity (Wildman–Crippen MR) is 74.5 cm³/mol. The molecule has 2 N–H and O–H groups in total. The van der Waals surface area contributed by atoms with Crippen LogP contribution in [0, 0.1) is 13.8 Å². The standard InChI is InChI=1S/C14H16BrNO2/c1-9-5-12(3-4-14(9)15)17-8-11-6-13(7-16)18-10(11)2/h3-6H,7-8,16H2,1-2H3. The molecule has 96 valence electrons. The molecule has 2 rings (SSSR count). The lowest BCUT2D eigenvalue weighted by atomic mass is 10.2. The van der Waals surface area contributed by atoms with Gasteiger partial charge in [-0.2, -0.15) is 0 Å². The van der Waals surface area contributed by atoms with Crippen molar-refractivity contribution in [1.29, 1.82) is 0 Å². The van der Waals surface area contributed by atoms with Crippen molar-refractivity contribution >= 4 is 15.9 Å². The minimum atomic E-state index is 0.415. The van der Waals surface area contributed by atoms with Gasteiger partial charge in [0.05, 0.1) is 6.54 Å². The number of rotatable bonds is 4. The molecule has 1 aromatic carbocycles. The Kier molecular flexibility index (Phi) is 4.09. The minimum Gasteiger partial charge on any atom is -0.489 e. The van der Waals surface area contributed by atoms with Gasteiger partial charge in [-0.3, -0.25) is 0 Å². The number of benzene rings is 1. The van der Waals surface area contributed by atoms with Crippen LogP contribution >= 0.6 is 15.9 Å². The molecular formula is C14H16BrNO2. The normalized spacial score (nSPS) is 10.7. The number of hydrogen-bond acceptors (Lipinski definition) is 3. The highest BCUT2D eigenvalue weighted by Crippen LogP contribution is 2.23. The molecule has 3 nitrogen and oxygen atoms in total. The fraction of sp³-hybridized carbons (Fsp3) is 0.286. The van der Waals surface area contributed by atoms with Crippen LogP contribution in [-0.4, -0.2) is 0 Å². The van der Waals surface area contributed by atoms with Crippen molar-refractivity contribution < 1.29 is 9.15 Å². The van der Waals surface area contributed by atoms with Gasteiger partial charge in [0.15, 0.2) is 0 Å². The maximum absolute atomic E-state index is 5.74. The van der Waals surface area contributed by atoms with Crippen LogP contribution in [0.3, 0.4) is 0 Å². The van der Waals surface area contributed by atoms with Crippen LogP contribution in [0.5, 0.6) is 5.75 Å². The summed E-state index contributed by atoms with van der Waals surface area (Å²) in [5.74, 6) is 2.51. The van der Waals surface area contributed by atoms with Gasteiger partial charge in [0.2, 0.25) is 0 Å². The molecule has 0 saturated heterocycles. The molecule has 0 atom stereocenters. The van der Waals surface area contributed by atoms with Gasteiger partial charge in [-0.1, -0.05) is 15.9 Å². The highest BCUT2D eigenvalue weighted by atomic mass is 79.9. The molecule has 0 amide bonds. The third-order valence-electron chi connectivity index (χ3n) is 2.80. The lowest BCUT2D eigenvalue weighted by molar-refractivity contribution is 0.303. The molecule has 0 aliphatic heterocycles. The van der Waals surface area contributed by atoms with Crippen molar-refractivity contribution in [2.24, 2.45) is 5.73 Å². The Balaban J connectivity index is 2.06. The molecule has 0 radical (unpaired) electrons. The Bertz CT molecular complexity index is 549. The Labute approximate surface area is 115 Å². The first-order chi connectivity index (χ1) is 8.60. The van der Waals surface area contributed by atoms with Crippen molar-refractivity contribution in [3.8, 4) is 5.75 Å². The molecule has 1 aromatic heterocycles. The molecule has 0 spiro atoms. The van der Waals surface area contributed by atoms with E-state index in [-0.39, 0.29) is 0 Å². The molecule has 1 heterocycles. The van der Waals surface area contributed by atoms with E-state index in [1.54, 1.807) is 0 Å². The molecule has 2 aromatic rings. The first-order valence-corrected chi connectivity index (χ1v) is 6.56. The first-order valence-electron chi connectivity index (χ1n) is 5.77. The number of nitrogens with two attached hydrogens (primary N) is 1. The summed E-state index contributed by atoms with van der Waals surface area (Å²) in [7, 11) is 0. The smallest absolute Gasteiger partial charge is 0.120 e. The predicted octanol–water partition coefficient (Wildman–Crippen LogP) is 3.70. The van der Waals surface area contributed by atoms with E-state index < -0.39 is 0 Å². The number of hydrogen-bond donors (Lipinski definition) is 1. The second-order valence-corrected chi connectivity index (χ2v) is 5.05. The Morgan fingerprint density at radius 2 is 2.06 bits per heavy atom. The van der Waals surface area contributed by atoms with Crippen molar-refractivity contribution in [2.75, 3.05) is 0 Å².